The van der Waals surface area contributed by atoms with E-state index in [0.717, 1.165) is 26.1 Å². The van der Waals surface area contributed by atoms with E-state index in [1.165, 1.54) is 11.3 Å². The highest BCUT2D eigenvalue weighted by molar-refractivity contribution is 7.09. The largest absolute Gasteiger partial charge is 0.384 e. The van der Waals surface area contributed by atoms with Gasteiger partial charge in [0.25, 0.3) is 0 Å². The molecule has 0 spiro atoms. The average molecular weight is 282 g/mol. The molecule has 2 heterocycles. The van der Waals surface area contributed by atoms with E-state index in [1.807, 2.05) is 17.5 Å². The molecule has 0 bridgehead atoms. The Morgan fingerprint density at radius 2 is 2.53 bits per heavy atom. The first-order valence-corrected chi connectivity index (χ1v) is 7.66. The van der Waals surface area contributed by atoms with E-state index >= 15 is 0 Å². The van der Waals surface area contributed by atoms with Gasteiger partial charge in [0.15, 0.2) is 0 Å². The maximum Gasteiger partial charge on any atom is 0.234 e. The van der Waals surface area contributed by atoms with E-state index in [2.05, 4.69) is 10.2 Å². The summed E-state index contributed by atoms with van der Waals surface area (Å²) >= 11 is 1.67. The minimum atomic E-state index is 0.117. The Morgan fingerprint density at radius 1 is 1.63 bits per heavy atom. The number of nitrogens with zero attached hydrogens (tertiary/aromatic N) is 1. The van der Waals surface area contributed by atoms with Crippen LogP contribution in [0.1, 0.15) is 17.7 Å². The molecule has 19 heavy (non-hydrogen) atoms. The number of carbonyl (C=O) groups excluding carboxylic acids is 1. The summed E-state index contributed by atoms with van der Waals surface area (Å²) in [6, 6.07) is 4.05. The quantitative estimate of drug-likeness (QED) is 0.864. The average Bonchev–Trinajstić information content (AvgIpc) is 2.90. The van der Waals surface area contributed by atoms with Crippen LogP contribution in [0.15, 0.2) is 17.5 Å². The summed E-state index contributed by atoms with van der Waals surface area (Å²) in [4.78, 5) is 15.3. The van der Waals surface area contributed by atoms with Crippen LogP contribution in [0.2, 0.25) is 0 Å². The number of ether oxygens (including phenoxy) is 1. The van der Waals surface area contributed by atoms with Crippen LogP contribution in [0, 0.1) is 5.92 Å². The molecule has 1 saturated heterocycles. The molecule has 1 aliphatic heterocycles. The third kappa shape index (κ3) is 4.93. The zero-order valence-corrected chi connectivity index (χ0v) is 12.2. The molecule has 1 atom stereocenters. The van der Waals surface area contributed by atoms with Gasteiger partial charge in [0, 0.05) is 18.5 Å². The summed E-state index contributed by atoms with van der Waals surface area (Å²) in [7, 11) is 1.74. The number of hydrogen-bond donors (Lipinski definition) is 1. The molecule has 1 unspecified atom stereocenters. The van der Waals surface area contributed by atoms with Crippen molar-refractivity contribution in [3.63, 3.8) is 0 Å². The van der Waals surface area contributed by atoms with Crippen molar-refractivity contribution in [2.75, 3.05) is 33.4 Å². The SMILES string of the molecule is COCC1CCCN(CC(=O)NCc2cccs2)C1. The molecule has 1 amide bonds. The van der Waals surface area contributed by atoms with E-state index in [4.69, 9.17) is 4.74 Å². The van der Waals surface area contributed by atoms with Crippen LogP contribution in [0.4, 0.5) is 0 Å². The highest BCUT2D eigenvalue weighted by Gasteiger charge is 2.21. The summed E-state index contributed by atoms with van der Waals surface area (Å²) in [5, 5.41) is 5.01. The Morgan fingerprint density at radius 3 is 3.26 bits per heavy atom. The Hall–Kier alpha value is -0.910. The second-order valence-electron chi connectivity index (χ2n) is 5.05. The summed E-state index contributed by atoms with van der Waals surface area (Å²) in [6.45, 7) is 3.94. The second kappa shape index (κ2) is 7.62. The van der Waals surface area contributed by atoms with Crippen molar-refractivity contribution >= 4 is 17.2 Å². The van der Waals surface area contributed by atoms with Gasteiger partial charge in [0.1, 0.15) is 0 Å². The molecule has 1 aromatic heterocycles. The molecule has 1 fully saturated rings. The maximum atomic E-state index is 11.9. The highest BCUT2D eigenvalue weighted by Crippen LogP contribution is 2.16. The van der Waals surface area contributed by atoms with Crippen LogP contribution < -0.4 is 5.32 Å². The minimum absolute atomic E-state index is 0.117. The minimum Gasteiger partial charge on any atom is -0.384 e. The lowest BCUT2D eigenvalue weighted by atomic mass is 9.99. The fourth-order valence-electron chi connectivity index (χ4n) is 2.52. The first kappa shape index (κ1) is 14.5. The number of piperidine rings is 1. The monoisotopic (exact) mass is 282 g/mol. The number of thiophene rings is 1. The van der Waals surface area contributed by atoms with Gasteiger partial charge < -0.3 is 10.1 Å². The summed E-state index contributed by atoms with van der Waals surface area (Å²) in [5.41, 5.74) is 0. The topological polar surface area (TPSA) is 41.6 Å². The fraction of sp³-hybridized carbons (Fsp3) is 0.643. The van der Waals surface area contributed by atoms with Crippen LogP contribution >= 0.6 is 11.3 Å². The molecule has 0 aliphatic carbocycles. The Kier molecular flexibility index (Phi) is 5.82. The molecular formula is C14H22N2O2S. The zero-order chi connectivity index (χ0) is 13.5. The summed E-state index contributed by atoms with van der Waals surface area (Å²) < 4.78 is 5.21. The van der Waals surface area contributed by atoms with Gasteiger partial charge in [-0.3, -0.25) is 9.69 Å². The van der Waals surface area contributed by atoms with Crippen molar-refractivity contribution in [2.24, 2.45) is 5.92 Å². The van der Waals surface area contributed by atoms with Crippen molar-refractivity contribution in [3.8, 4) is 0 Å². The van der Waals surface area contributed by atoms with Crippen molar-refractivity contribution in [1.82, 2.24) is 10.2 Å². The molecule has 106 valence electrons. The standard InChI is InChI=1S/C14H22N2O2S/c1-18-11-12-4-2-6-16(9-12)10-14(17)15-8-13-5-3-7-19-13/h3,5,7,12H,2,4,6,8-11H2,1H3,(H,15,17). The van der Waals surface area contributed by atoms with E-state index < -0.39 is 0 Å². The van der Waals surface area contributed by atoms with Gasteiger partial charge >= 0.3 is 0 Å². The number of hydrogen-bond acceptors (Lipinski definition) is 4. The number of carbonyl (C=O) groups is 1. The molecular weight excluding hydrogens is 260 g/mol. The van der Waals surface area contributed by atoms with Crippen LogP contribution in [0.3, 0.4) is 0 Å². The van der Waals surface area contributed by atoms with Crippen LogP contribution in [0.25, 0.3) is 0 Å². The van der Waals surface area contributed by atoms with E-state index in [9.17, 15) is 4.79 Å². The lowest BCUT2D eigenvalue weighted by Crippen LogP contribution is -2.43. The van der Waals surface area contributed by atoms with Crippen LogP contribution in [-0.4, -0.2) is 44.2 Å². The smallest absolute Gasteiger partial charge is 0.234 e. The predicted molar refractivity (Wildman–Crippen MR) is 77.2 cm³/mol. The molecule has 0 aromatic carbocycles. The van der Waals surface area contributed by atoms with Gasteiger partial charge in [-0.2, -0.15) is 0 Å². The Labute approximate surface area is 118 Å². The third-order valence-corrected chi connectivity index (χ3v) is 4.29. The number of likely N-dealkylation sites (tertiary alicyclic amines) is 1. The van der Waals surface area contributed by atoms with Gasteiger partial charge in [0.2, 0.25) is 5.91 Å². The number of amides is 1. The first-order chi connectivity index (χ1) is 9.28. The predicted octanol–water partition coefficient (Wildman–Crippen LogP) is 1.72. The van der Waals surface area contributed by atoms with Crippen molar-refractivity contribution in [3.05, 3.63) is 22.4 Å². The van der Waals surface area contributed by atoms with Crippen molar-refractivity contribution in [2.45, 2.75) is 19.4 Å². The molecule has 0 saturated carbocycles. The normalized spacial score (nSPS) is 20.4. The first-order valence-electron chi connectivity index (χ1n) is 6.78. The molecule has 1 aliphatic rings. The van der Waals surface area contributed by atoms with Gasteiger partial charge in [-0.25, -0.2) is 0 Å². The molecule has 0 radical (unpaired) electrons. The molecule has 2 rings (SSSR count). The fourth-order valence-corrected chi connectivity index (χ4v) is 3.17. The lowest BCUT2D eigenvalue weighted by Gasteiger charge is -2.31. The molecule has 1 aromatic rings. The van der Waals surface area contributed by atoms with Crippen LogP contribution in [-0.2, 0) is 16.1 Å². The number of rotatable bonds is 6. The Balaban J connectivity index is 1.69. The van der Waals surface area contributed by atoms with Gasteiger partial charge in [0.05, 0.1) is 19.7 Å². The Bertz CT molecular complexity index is 379. The summed E-state index contributed by atoms with van der Waals surface area (Å²) in [5.74, 6) is 0.690. The lowest BCUT2D eigenvalue weighted by molar-refractivity contribution is -0.122. The maximum absolute atomic E-state index is 11.9. The van der Waals surface area contributed by atoms with Crippen molar-refractivity contribution < 1.29 is 9.53 Å². The molecule has 4 nitrogen and oxygen atoms in total. The van der Waals surface area contributed by atoms with E-state index in [1.54, 1.807) is 18.4 Å². The number of nitrogens with one attached hydrogen (secondary N) is 1. The van der Waals surface area contributed by atoms with E-state index in [0.29, 0.717) is 19.0 Å². The molecule has 5 heteroatoms. The van der Waals surface area contributed by atoms with Gasteiger partial charge in [-0.05, 0) is 36.8 Å². The van der Waals surface area contributed by atoms with Crippen LogP contribution in [0.5, 0.6) is 0 Å². The van der Waals surface area contributed by atoms with E-state index in [-0.39, 0.29) is 5.91 Å². The third-order valence-electron chi connectivity index (χ3n) is 3.41. The van der Waals surface area contributed by atoms with Gasteiger partial charge in [-0.15, -0.1) is 11.3 Å². The second-order valence-corrected chi connectivity index (χ2v) is 6.09. The molecule has 1 N–H and O–H groups in total. The zero-order valence-electron chi connectivity index (χ0n) is 11.4. The van der Waals surface area contributed by atoms with Crippen molar-refractivity contribution in [1.29, 1.82) is 0 Å². The van der Waals surface area contributed by atoms with Gasteiger partial charge in [-0.1, -0.05) is 6.07 Å². The number of methoxy groups -OCH3 is 1. The summed E-state index contributed by atoms with van der Waals surface area (Å²) in [6.07, 6.45) is 2.37. The highest BCUT2D eigenvalue weighted by atomic mass is 32.1.